The van der Waals surface area contributed by atoms with Crippen molar-refractivity contribution in [2.24, 2.45) is 0 Å². The summed E-state index contributed by atoms with van der Waals surface area (Å²) in [6, 6.07) is 15.6. The predicted octanol–water partition coefficient (Wildman–Crippen LogP) is 3.26. The lowest BCUT2D eigenvalue weighted by Gasteiger charge is -2.28. The molecule has 3 rings (SSSR count). The average molecular weight is 345 g/mol. The van der Waals surface area contributed by atoms with Crippen molar-refractivity contribution in [2.45, 2.75) is 12.8 Å². The van der Waals surface area contributed by atoms with Crippen molar-refractivity contribution in [1.82, 2.24) is 0 Å². The van der Waals surface area contributed by atoms with Gasteiger partial charge in [-0.1, -0.05) is 18.2 Å². The zero-order valence-corrected chi connectivity index (χ0v) is 13.9. The molecular weight excluding hydrogens is 326 g/mol. The van der Waals surface area contributed by atoms with E-state index in [4.69, 9.17) is 0 Å². The van der Waals surface area contributed by atoms with Gasteiger partial charge in [-0.25, -0.2) is 13.2 Å². The van der Waals surface area contributed by atoms with Crippen molar-refractivity contribution in [3.05, 3.63) is 54.6 Å². The first-order valence-electron chi connectivity index (χ1n) is 7.78. The summed E-state index contributed by atoms with van der Waals surface area (Å²) in [6.07, 6.45) is 1.57. The van der Waals surface area contributed by atoms with E-state index in [0.29, 0.717) is 30.0 Å². The first kappa shape index (κ1) is 16.3. The van der Waals surface area contributed by atoms with Gasteiger partial charge >= 0.3 is 6.03 Å². The fourth-order valence-electron chi connectivity index (χ4n) is 2.60. The van der Waals surface area contributed by atoms with Gasteiger partial charge in [0, 0.05) is 17.9 Å². The summed E-state index contributed by atoms with van der Waals surface area (Å²) in [5.41, 5.74) is 1.93. The molecule has 24 heavy (non-hydrogen) atoms. The first-order chi connectivity index (χ1) is 11.5. The Balaban J connectivity index is 1.65. The van der Waals surface area contributed by atoms with Gasteiger partial charge in [0.05, 0.1) is 11.4 Å². The predicted molar refractivity (Wildman–Crippen MR) is 95.9 cm³/mol. The fraction of sp³-hybridized carbons (Fsp3) is 0.235. The molecule has 2 aromatic carbocycles. The standard InChI is InChI=1S/C17H19N3O3S/c21-17(18-14-6-2-1-3-7-14)19-15-8-10-16(11-9-15)20-12-4-5-13-24(20,22)23/h1-3,6-11H,4-5,12-13H2,(H2,18,19,21). The molecule has 126 valence electrons. The second kappa shape index (κ2) is 6.92. The van der Waals surface area contributed by atoms with Gasteiger partial charge in [-0.05, 0) is 49.2 Å². The van der Waals surface area contributed by atoms with Gasteiger partial charge in [-0.2, -0.15) is 0 Å². The number of nitrogens with zero attached hydrogens (tertiary/aromatic N) is 1. The maximum absolute atomic E-state index is 12.1. The Labute approximate surface area is 141 Å². The normalized spacial score (nSPS) is 16.4. The van der Waals surface area contributed by atoms with Crippen LogP contribution in [0.2, 0.25) is 0 Å². The molecular formula is C17H19N3O3S. The van der Waals surface area contributed by atoms with Crippen molar-refractivity contribution in [3.63, 3.8) is 0 Å². The van der Waals surface area contributed by atoms with Crippen LogP contribution in [0.3, 0.4) is 0 Å². The van der Waals surface area contributed by atoms with Crippen LogP contribution in [0.25, 0.3) is 0 Å². The number of nitrogens with one attached hydrogen (secondary N) is 2. The zero-order chi connectivity index (χ0) is 17.0. The van der Waals surface area contributed by atoms with Crippen LogP contribution < -0.4 is 14.9 Å². The highest BCUT2D eigenvalue weighted by Gasteiger charge is 2.25. The van der Waals surface area contributed by atoms with E-state index in [1.54, 1.807) is 36.4 Å². The molecule has 1 aliphatic rings. The van der Waals surface area contributed by atoms with E-state index in [1.165, 1.54) is 4.31 Å². The maximum atomic E-state index is 12.1. The van der Waals surface area contributed by atoms with Crippen LogP contribution in [0, 0.1) is 0 Å². The van der Waals surface area contributed by atoms with Crippen LogP contribution in [0.15, 0.2) is 54.6 Å². The van der Waals surface area contributed by atoms with E-state index < -0.39 is 10.0 Å². The summed E-state index contributed by atoms with van der Waals surface area (Å²) in [5, 5.41) is 5.45. The Morgan fingerprint density at radius 2 is 1.50 bits per heavy atom. The van der Waals surface area contributed by atoms with Crippen LogP contribution in [0.1, 0.15) is 12.8 Å². The van der Waals surface area contributed by atoms with Gasteiger partial charge in [-0.3, -0.25) is 4.31 Å². The molecule has 0 aliphatic carbocycles. The molecule has 2 aromatic rings. The van der Waals surface area contributed by atoms with Crippen LogP contribution >= 0.6 is 0 Å². The second-order valence-corrected chi connectivity index (χ2v) is 7.60. The highest BCUT2D eigenvalue weighted by atomic mass is 32.2. The molecule has 0 atom stereocenters. The van der Waals surface area contributed by atoms with Gasteiger partial charge in [0.25, 0.3) is 0 Å². The van der Waals surface area contributed by atoms with Crippen molar-refractivity contribution in [1.29, 1.82) is 0 Å². The van der Waals surface area contributed by atoms with Crippen LogP contribution in [0.5, 0.6) is 0 Å². The van der Waals surface area contributed by atoms with E-state index in [2.05, 4.69) is 10.6 Å². The number of hydrogen-bond donors (Lipinski definition) is 2. The molecule has 0 saturated carbocycles. The third kappa shape index (κ3) is 3.86. The zero-order valence-electron chi connectivity index (χ0n) is 13.1. The van der Waals surface area contributed by atoms with Crippen molar-refractivity contribution >= 4 is 33.1 Å². The molecule has 1 aliphatic heterocycles. The van der Waals surface area contributed by atoms with E-state index in [0.717, 1.165) is 6.42 Å². The third-order valence-corrected chi connectivity index (χ3v) is 5.66. The van der Waals surface area contributed by atoms with Crippen LogP contribution in [-0.4, -0.2) is 26.7 Å². The van der Waals surface area contributed by atoms with Crippen molar-refractivity contribution in [3.8, 4) is 0 Å². The number of anilines is 3. The summed E-state index contributed by atoms with van der Waals surface area (Å²) < 4.78 is 25.6. The van der Waals surface area contributed by atoms with E-state index in [1.807, 2.05) is 18.2 Å². The molecule has 1 saturated heterocycles. The van der Waals surface area contributed by atoms with Crippen LogP contribution in [0.4, 0.5) is 21.9 Å². The molecule has 2 amide bonds. The third-order valence-electron chi connectivity index (χ3n) is 3.79. The molecule has 0 aromatic heterocycles. The molecule has 1 fully saturated rings. The molecule has 0 bridgehead atoms. The lowest BCUT2D eigenvalue weighted by atomic mass is 10.2. The van der Waals surface area contributed by atoms with E-state index in [9.17, 15) is 13.2 Å². The summed E-state index contributed by atoms with van der Waals surface area (Å²) in [6.45, 7) is 0.504. The number of sulfonamides is 1. The summed E-state index contributed by atoms with van der Waals surface area (Å²) in [5.74, 6) is 0.187. The summed E-state index contributed by atoms with van der Waals surface area (Å²) >= 11 is 0. The Bertz CT molecular complexity index is 805. The van der Waals surface area contributed by atoms with Crippen molar-refractivity contribution in [2.75, 3.05) is 27.2 Å². The van der Waals surface area contributed by atoms with Gasteiger partial charge in [-0.15, -0.1) is 0 Å². The number of hydrogen-bond acceptors (Lipinski definition) is 3. The number of rotatable bonds is 3. The number of carbonyl (C=O) groups excluding carboxylic acids is 1. The fourth-order valence-corrected chi connectivity index (χ4v) is 4.24. The summed E-state index contributed by atoms with van der Waals surface area (Å²) in [4.78, 5) is 11.9. The minimum absolute atomic E-state index is 0.187. The van der Waals surface area contributed by atoms with Gasteiger partial charge < -0.3 is 10.6 Å². The van der Waals surface area contributed by atoms with Crippen molar-refractivity contribution < 1.29 is 13.2 Å². The Morgan fingerprint density at radius 3 is 2.12 bits per heavy atom. The largest absolute Gasteiger partial charge is 0.323 e. The minimum Gasteiger partial charge on any atom is -0.308 e. The molecule has 2 N–H and O–H groups in total. The lowest BCUT2D eigenvalue weighted by molar-refractivity contribution is 0.262. The smallest absolute Gasteiger partial charge is 0.308 e. The maximum Gasteiger partial charge on any atom is 0.323 e. The lowest BCUT2D eigenvalue weighted by Crippen LogP contribution is -2.37. The Hall–Kier alpha value is -2.54. The molecule has 7 heteroatoms. The topological polar surface area (TPSA) is 78.5 Å². The number of carbonyl (C=O) groups is 1. The quantitative estimate of drug-likeness (QED) is 0.896. The van der Waals surface area contributed by atoms with Gasteiger partial charge in [0.1, 0.15) is 0 Å². The number of urea groups is 1. The number of amides is 2. The molecule has 1 heterocycles. The average Bonchev–Trinajstić information content (AvgIpc) is 2.56. The molecule has 0 unspecified atom stereocenters. The Kier molecular flexibility index (Phi) is 4.71. The minimum atomic E-state index is -3.22. The molecule has 6 nitrogen and oxygen atoms in total. The first-order valence-corrected chi connectivity index (χ1v) is 9.39. The number of benzene rings is 2. The van der Waals surface area contributed by atoms with E-state index in [-0.39, 0.29) is 11.8 Å². The van der Waals surface area contributed by atoms with Gasteiger partial charge in [0.15, 0.2) is 0 Å². The second-order valence-electron chi connectivity index (χ2n) is 5.59. The number of para-hydroxylation sites is 1. The highest BCUT2D eigenvalue weighted by molar-refractivity contribution is 7.92. The summed E-state index contributed by atoms with van der Waals surface area (Å²) in [7, 11) is -3.22. The molecule has 0 spiro atoms. The van der Waals surface area contributed by atoms with Crippen LogP contribution in [-0.2, 0) is 10.0 Å². The Morgan fingerprint density at radius 1 is 0.875 bits per heavy atom. The van der Waals surface area contributed by atoms with Gasteiger partial charge in [0.2, 0.25) is 10.0 Å². The van der Waals surface area contributed by atoms with E-state index >= 15 is 0 Å². The molecule has 0 radical (unpaired) electrons. The monoisotopic (exact) mass is 345 g/mol. The SMILES string of the molecule is O=C(Nc1ccccc1)Nc1ccc(N2CCCCS2(=O)=O)cc1. The highest BCUT2D eigenvalue weighted by Crippen LogP contribution is 2.25.